The van der Waals surface area contributed by atoms with Crippen molar-refractivity contribution in [1.29, 1.82) is 0 Å². The lowest BCUT2D eigenvalue weighted by molar-refractivity contribution is -0.384. The summed E-state index contributed by atoms with van der Waals surface area (Å²) in [5.41, 5.74) is 1.02. The van der Waals surface area contributed by atoms with Gasteiger partial charge >= 0.3 is 5.97 Å². The van der Waals surface area contributed by atoms with Crippen molar-refractivity contribution in [2.45, 2.75) is 25.7 Å². The zero-order chi connectivity index (χ0) is 19.6. The van der Waals surface area contributed by atoms with Gasteiger partial charge in [-0.3, -0.25) is 10.1 Å². The largest absolute Gasteiger partial charge is 0.465 e. The van der Waals surface area contributed by atoms with Crippen molar-refractivity contribution in [2.24, 2.45) is 0 Å². The summed E-state index contributed by atoms with van der Waals surface area (Å²) < 4.78 is 18.8. The van der Waals surface area contributed by atoms with Crippen LogP contribution >= 0.6 is 23.6 Å². The second kappa shape index (κ2) is 7.97. The van der Waals surface area contributed by atoms with Crippen LogP contribution in [0.4, 0.5) is 20.8 Å². The van der Waals surface area contributed by atoms with Gasteiger partial charge < -0.3 is 15.4 Å². The number of halogens is 1. The highest BCUT2D eigenvalue weighted by molar-refractivity contribution is 7.80. The molecule has 3 rings (SSSR count). The number of carbonyl (C=O) groups is 1. The fourth-order valence-electron chi connectivity index (χ4n) is 2.95. The molecule has 1 heterocycles. The van der Waals surface area contributed by atoms with Crippen molar-refractivity contribution in [2.75, 3.05) is 17.7 Å². The Morgan fingerprint density at radius 1 is 1.33 bits per heavy atom. The predicted octanol–water partition coefficient (Wildman–Crippen LogP) is 4.27. The number of esters is 1. The lowest BCUT2D eigenvalue weighted by Gasteiger charge is -2.13. The topological polar surface area (TPSA) is 93.5 Å². The van der Waals surface area contributed by atoms with Gasteiger partial charge in [0.05, 0.1) is 23.3 Å². The third-order valence-corrected chi connectivity index (χ3v) is 5.61. The number of non-ortho nitro benzene ring substituents is 1. The lowest BCUT2D eigenvalue weighted by Crippen LogP contribution is -2.21. The molecule has 0 amide bonds. The fourth-order valence-corrected chi connectivity index (χ4v) is 4.51. The predicted molar refractivity (Wildman–Crippen MR) is 105 cm³/mol. The van der Waals surface area contributed by atoms with Gasteiger partial charge in [-0.05, 0) is 49.5 Å². The van der Waals surface area contributed by atoms with Crippen LogP contribution in [-0.2, 0) is 17.6 Å². The van der Waals surface area contributed by atoms with Crippen molar-refractivity contribution in [1.82, 2.24) is 0 Å². The quantitative estimate of drug-likeness (QED) is 0.337. The molecule has 10 heteroatoms. The molecule has 0 saturated carbocycles. The third-order valence-electron chi connectivity index (χ3n) is 4.20. The molecule has 1 aliphatic rings. The standard InChI is InChI=1S/C17H16FN3O4S2/c1-25-16(22)14-10-4-2-3-5-13(10)27-15(14)20-17(26)19-12-8-9(21(23)24)6-7-11(12)18/h6-8H,2-5H2,1H3,(H2,19,20,26). The minimum absolute atomic E-state index is 0.0261. The van der Waals surface area contributed by atoms with Gasteiger partial charge in [-0.25, -0.2) is 9.18 Å². The van der Waals surface area contributed by atoms with Gasteiger partial charge in [-0.15, -0.1) is 11.3 Å². The molecule has 0 spiro atoms. The summed E-state index contributed by atoms with van der Waals surface area (Å²) in [6.07, 6.45) is 3.72. The number of hydrogen-bond acceptors (Lipinski definition) is 6. The summed E-state index contributed by atoms with van der Waals surface area (Å²) >= 11 is 6.62. The number of nitro benzene ring substituents is 1. The summed E-state index contributed by atoms with van der Waals surface area (Å²) in [7, 11) is 1.31. The van der Waals surface area contributed by atoms with Gasteiger partial charge in [0.15, 0.2) is 5.11 Å². The van der Waals surface area contributed by atoms with E-state index in [9.17, 15) is 19.3 Å². The van der Waals surface area contributed by atoms with Gasteiger partial charge in [-0.1, -0.05) is 0 Å². The Bertz CT molecular complexity index is 929. The summed E-state index contributed by atoms with van der Waals surface area (Å²) in [4.78, 5) is 23.6. The van der Waals surface area contributed by atoms with E-state index in [0.717, 1.165) is 54.3 Å². The highest BCUT2D eigenvalue weighted by Crippen LogP contribution is 2.38. The molecule has 1 aromatic carbocycles. The smallest absolute Gasteiger partial charge is 0.341 e. The lowest BCUT2D eigenvalue weighted by atomic mass is 9.95. The number of thiocarbonyl (C=S) groups is 1. The van der Waals surface area contributed by atoms with E-state index in [1.165, 1.54) is 18.4 Å². The first-order valence-electron chi connectivity index (χ1n) is 8.15. The van der Waals surface area contributed by atoms with E-state index in [1.54, 1.807) is 0 Å². The Kier molecular flexibility index (Phi) is 5.66. The number of rotatable bonds is 4. The first kappa shape index (κ1) is 19.2. The second-order valence-electron chi connectivity index (χ2n) is 5.91. The molecule has 142 valence electrons. The van der Waals surface area contributed by atoms with Gasteiger partial charge in [-0.2, -0.15) is 0 Å². The molecule has 27 heavy (non-hydrogen) atoms. The van der Waals surface area contributed by atoms with Crippen LogP contribution in [-0.4, -0.2) is 23.1 Å². The number of anilines is 2. The molecule has 0 unspecified atom stereocenters. The molecule has 0 fully saturated rings. The van der Waals surface area contributed by atoms with Crippen molar-refractivity contribution < 1.29 is 18.8 Å². The Morgan fingerprint density at radius 2 is 2.07 bits per heavy atom. The zero-order valence-electron chi connectivity index (χ0n) is 14.3. The van der Waals surface area contributed by atoms with Crippen LogP contribution in [0, 0.1) is 15.9 Å². The Balaban J connectivity index is 1.84. The molecule has 1 aliphatic carbocycles. The molecule has 2 N–H and O–H groups in total. The van der Waals surface area contributed by atoms with Crippen molar-refractivity contribution in [3.05, 3.63) is 50.1 Å². The van der Waals surface area contributed by atoms with Crippen LogP contribution in [0.3, 0.4) is 0 Å². The molecule has 7 nitrogen and oxygen atoms in total. The summed E-state index contributed by atoms with van der Waals surface area (Å²) in [5.74, 6) is -1.13. The van der Waals surface area contributed by atoms with Crippen LogP contribution in [0.15, 0.2) is 18.2 Å². The van der Waals surface area contributed by atoms with Gasteiger partial charge in [0, 0.05) is 17.0 Å². The number of nitro groups is 1. The number of nitrogens with zero attached hydrogens (tertiary/aromatic N) is 1. The first-order chi connectivity index (χ1) is 12.9. The second-order valence-corrected chi connectivity index (χ2v) is 7.42. The number of nitrogens with one attached hydrogen (secondary N) is 2. The molecule has 1 aromatic heterocycles. The highest BCUT2D eigenvalue weighted by atomic mass is 32.1. The van der Waals surface area contributed by atoms with E-state index in [2.05, 4.69) is 10.6 Å². The first-order valence-corrected chi connectivity index (χ1v) is 9.38. The van der Waals surface area contributed by atoms with E-state index in [0.29, 0.717) is 10.6 Å². The van der Waals surface area contributed by atoms with Crippen LogP contribution in [0.1, 0.15) is 33.6 Å². The molecule has 0 atom stereocenters. The maximum Gasteiger partial charge on any atom is 0.341 e. The zero-order valence-corrected chi connectivity index (χ0v) is 16.0. The van der Waals surface area contributed by atoms with E-state index < -0.39 is 16.7 Å². The monoisotopic (exact) mass is 409 g/mol. The summed E-state index contributed by atoms with van der Waals surface area (Å²) in [5, 5.41) is 16.9. The minimum Gasteiger partial charge on any atom is -0.465 e. The van der Waals surface area contributed by atoms with E-state index in [1.807, 2.05) is 0 Å². The Morgan fingerprint density at radius 3 is 2.78 bits per heavy atom. The maximum absolute atomic E-state index is 13.9. The average Bonchev–Trinajstić information content (AvgIpc) is 3.00. The van der Waals surface area contributed by atoms with Crippen LogP contribution in [0.2, 0.25) is 0 Å². The van der Waals surface area contributed by atoms with E-state index in [4.69, 9.17) is 17.0 Å². The highest BCUT2D eigenvalue weighted by Gasteiger charge is 2.26. The number of methoxy groups -OCH3 is 1. The number of aryl methyl sites for hydroxylation is 1. The Hall–Kier alpha value is -2.59. The number of thiophene rings is 1. The Labute approximate surface area is 163 Å². The fraction of sp³-hybridized carbons (Fsp3) is 0.294. The molecule has 0 saturated heterocycles. The minimum atomic E-state index is -0.677. The SMILES string of the molecule is COC(=O)c1c(NC(=S)Nc2cc([N+](=O)[O-])ccc2F)sc2c1CCCC2. The van der Waals surface area contributed by atoms with Gasteiger partial charge in [0.25, 0.3) is 5.69 Å². The van der Waals surface area contributed by atoms with E-state index >= 15 is 0 Å². The molecular formula is C17H16FN3O4S2. The van der Waals surface area contributed by atoms with Gasteiger partial charge in [0.2, 0.25) is 0 Å². The third kappa shape index (κ3) is 4.06. The number of hydrogen-bond donors (Lipinski definition) is 2. The molecule has 2 aromatic rings. The van der Waals surface area contributed by atoms with Crippen molar-refractivity contribution >= 4 is 51.0 Å². The molecule has 0 bridgehead atoms. The average molecular weight is 409 g/mol. The molecular weight excluding hydrogens is 393 g/mol. The molecule has 0 aliphatic heterocycles. The van der Waals surface area contributed by atoms with Crippen LogP contribution in [0.25, 0.3) is 0 Å². The van der Waals surface area contributed by atoms with Crippen LogP contribution < -0.4 is 10.6 Å². The normalized spacial score (nSPS) is 12.8. The van der Waals surface area contributed by atoms with Gasteiger partial charge in [0.1, 0.15) is 10.8 Å². The summed E-state index contributed by atoms with van der Waals surface area (Å²) in [6.45, 7) is 0. The van der Waals surface area contributed by atoms with E-state index in [-0.39, 0.29) is 16.5 Å². The van der Waals surface area contributed by atoms with Crippen molar-refractivity contribution in [3.63, 3.8) is 0 Å². The van der Waals surface area contributed by atoms with Crippen molar-refractivity contribution in [3.8, 4) is 0 Å². The number of ether oxygens (including phenoxy) is 1. The molecule has 0 radical (unpaired) electrons. The summed E-state index contributed by atoms with van der Waals surface area (Å²) in [6, 6.07) is 3.12. The number of fused-ring (bicyclic) bond motifs is 1. The van der Waals surface area contributed by atoms with Crippen LogP contribution in [0.5, 0.6) is 0 Å². The number of benzene rings is 1. The number of carbonyl (C=O) groups excluding carboxylic acids is 1. The maximum atomic E-state index is 13.9.